The van der Waals surface area contributed by atoms with E-state index in [9.17, 15) is 9.59 Å². The number of aromatic nitrogens is 2. The number of nitrogens with one attached hydrogen (secondary N) is 1. The molecule has 0 radical (unpaired) electrons. The molecular weight excluding hydrogens is 258 g/mol. The molecule has 1 amide bonds. The van der Waals surface area contributed by atoms with E-state index in [1.807, 2.05) is 0 Å². The minimum Gasteiger partial charge on any atom is -0.381 e. The summed E-state index contributed by atoms with van der Waals surface area (Å²) in [6.45, 7) is 1.92. The molecule has 1 fully saturated rings. The number of hydrogen-bond acceptors (Lipinski definition) is 4. The van der Waals surface area contributed by atoms with Gasteiger partial charge in [0.25, 0.3) is 11.5 Å². The fourth-order valence-electron chi connectivity index (χ4n) is 2.26. The molecule has 0 spiro atoms. The Hall–Kier alpha value is -2.21. The third kappa shape index (κ3) is 2.42. The van der Waals surface area contributed by atoms with Gasteiger partial charge in [-0.1, -0.05) is 6.07 Å². The molecule has 0 unspecified atom stereocenters. The average Bonchev–Trinajstić information content (AvgIpc) is 2.99. The highest BCUT2D eigenvalue weighted by Gasteiger charge is 2.18. The number of carbonyl (C=O) groups is 1. The van der Waals surface area contributed by atoms with Crippen LogP contribution >= 0.6 is 0 Å². The van der Waals surface area contributed by atoms with E-state index in [1.165, 1.54) is 10.6 Å². The Morgan fingerprint density at radius 3 is 3.20 bits per heavy atom. The van der Waals surface area contributed by atoms with Gasteiger partial charge in [-0.05, 0) is 18.6 Å². The summed E-state index contributed by atoms with van der Waals surface area (Å²) in [5.41, 5.74) is 0.238. The molecule has 3 rings (SSSR count). The van der Waals surface area contributed by atoms with Crippen LogP contribution in [0.4, 0.5) is 0 Å². The van der Waals surface area contributed by atoms with Gasteiger partial charge in [0.15, 0.2) is 0 Å². The lowest BCUT2D eigenvalue weighted by molar-refractivity contribution is 0.0943. The molecule has 1 aliphatic rings. The van der Waals surface area contributed by atoms with Gasteiger partial charge in [-0.2, -0.15) is 0 Å². The Kier molecular flexibility index (Phi) is 3.47. The highest BCUT2D eigenvalue weighted by Crippen LogP contribution is 2.10. The Morgan fingerprint density at radius 1 is 1.50 bits per heavy atom. The smallest absolute Gasteiger partial charge is 0.270 e. The van der Waals surface area contributed by atoms with Crippen molar-refractivity contribution in [3.8, 4) is 0 Å². The number of ether oxygens (including phenoxy) is 1. The molecule has 1 N–H and O–H groups in total. The van der Waals surface area contributed by atoms with Crippen LogP contribution in [0.15, 0.2) is 35.4 Å². The zero-order valence-electron chi connectivity index (χ0n) is 10.9. The van der Waals surface area contributed by atoms with Crippen molar-refractivity contribution in [2.75, 3.05) is 19.8 Å². The van der Waals surface area contributed by atoms with E-state index in [4.69, 9.17) is 4.74 Å². The molecule has 20 heavy (non-hydrogen) atoms. The van der Waals surface area contributed by atoms with Gasteiger partial charge in [-0.15, -0.1) is 0 Å². The predicted molar refractivity (Wildman–Crippen MR) is 72.7 cm³/mol. The maximum Gasteiger partial charge on any atom is 0.270 e. The van der Waals surface area contributed by atoms with Gasteiger partial charge in [0.2, 0.25) is 0 Å². The van der Waals surface area contributed by atoms with Crippen LogP contribution in [0.3, 0.4) is 0 Å². The van der Waals surface area contributed by atoms with Crippen LogP contribution in [-0.4, -0.2) is 35.1 Å². The Labute approximate surface area is 115 Å². The Morgan fingerprint density at radius 2 is 2.40 bits per heavy atom. The largest absolute Gasteiger partial charge is 0.381 e. The molecule has 6 heteroatoms. The van der Waals surface area contributed by atoms with Crippen molar-refractivity contribution in [3.63, 3.8) is 0 Å². The molecule has 1 aliphatic heterocycles. The SMILES string of the molecule is O=C(NC[C@@H]1CCOC1)c1cnc2ccccn2c1=O. The molecule has 1 saturated heterocycles. The second kappa shape index (κ2) is 5.42. The predicted octanol–water partition coefficient (Wildman–Crippen LogP) is 0.461. The number of amides is 1. The fourth-order valence-corrected chi connectivity index (χ4v) is 2.26. The molecular formula is C14H15N3O3. The van der Waals surface area contributed by atoms with E-state index in [1.54, 1.807) is 24.4 Å². The second-order valence-corrected chi connectivity index (χ2v) is 4.85. The third-order valence-electron chi connectivity index (χ3n) is 3.43. The summed E-state index contributed by atoms with van der Waals surface area (Å²) >= 11 is 0. The van der Waals surface area contributed by atoms with Gasteiger partial charge in [0.1, 0.15) is 11.2 Å². The first-order chi connectivity index (χ1) is 9.75. The van der Waals surface area contributed by atoms with Crippen molar-refractivity contribution < 1.29 is 9.53 Å². The average molecular weight is 273 g/mol. The summed E-state index contributed by atoms with van der Waals surface area (Å²) < 4.78 is 6.62. The highest BCUT2D eigenvalue weighted by atomic mass is 16.5. The summed E-state index contributed by atoms with van der Waals surface area (Å²) in [4.78, 5) is 28.4. The van der Waals surface area contributed by atoms with Crippen LogP contribution in [0, 0.1) is 5.92 Å². The van der Waals surface area contributed by atoms with Crippen molar-refractivity contribution in [1.82, 2.24) is 14.7 Å². The van der Waals surface area contributed by atoms with Gasteiger partial charge >= 0.3 is 0 Å². The van der Waals surface area contributed by atoms with Crippen LogP contribution in [0.1, 0.15) is 16.8 Å². The van der Waals surface area contributed by atoms with Gasteiger partial charge in [0.05, 0.1) is 6.61 Å². The normalized spacial score (nSPS) is 18.3. The van der Waals surface area contributed by atoms with E-state index in [2.05, 4.69) is 10.3 Å². The van der Waals surface area contributed by atoms with Gasteiger partial charge in [-0.3, -0.25) is 14.0 Å². The van der Waals surface area contributed by atoms with Crippen LogP contribution in [0.5, 0.6) is 0 Å². The number of hydrogen-bond donors (Lipinski definition) is 1. The van der Waals surface area contributed by atoms with E-state index < -0.39 is 0 Å². The second-order valence-electron chi connectivity index (χ2n) is 4.85. The maximum atomic E-state index is 12.2. The van der Waals surface area contributed by atoms with E-state index in [0.717, 1.165) is 13.0 Å². The monoisotopic (exact) mass is 273 g/mol. The summed E-state index contributed by atoms with van der Waals surface area (Å²) in [6.07, 6.45) is 3.87. The minimum atomic E-state index is -0.382. The van der Waals surface area contributed by atoms with Gasteiger partial charge < -0.3 is 10.1 Å². The van der Waals surface area contributed by atoms with Crippen LogP contribution in [0.25, 0.3) is 5.65 Å². The summed E-state index contributed by atoms with van der Waals surface area (Å²) in [5.74, 6) is -0.0530. The van der Waals surface area contributed by atoms with Crippen LogP contribution in [0.2, 0.25) is 0 Å². The summed E-state index contributed by atoms with van der Waals surface area (Å²) in [5, 5.41) is 2.77. The minimum absolute atomic E-state index is 0.0626. The van der Waals surface area contributed by atoms with E-state index in [0.29, 0.717) is 24.7 Å². The first-order valence-electron chi connectivity index (χ1n) is 6.58. The highest BCUT2D eigenvalue weighted by molar-refractivity contribution is 5.93. The number of pyridine rings is 1. The van der Waals surface area contributed by atoms with Gasteiger partial charge in [-0.25, -0.2) is 4.98 Å². The van der Waals surface area contributed by atoms with E-state index >= 15 is 0 Å². The van der Waals surface area contributed by atoms with Crippen molar-refractivity contribution in [2.24, 2.45) is 5.92 Å². The lowest BCUT2D eigenvalue weighted by atomic mass is 10.1. The number of rotatable bonds is 3. The topological polar surface area (TPSA) is 72.7 Å². The summed E-state index contributed by atoms with van der Waals surface area (Å²) in [7, 11) is 0. The fraction of sp³-hybridized carbons (Fsp3) is 0.357. The van der Waals surface area contributed by atoms with Crippen molar-refractivity contribution in [1.29, 1.82) is 0 Å². The molecule has 0 aliphatic carbocycles. The first-order valence-corrected chi connectivity index (χ1v) is 6.58. The molecule has 2 aromatic rings. The molecule has 0 saturated carbocycles. The maximum absolute atomic E-state index is 12.2. The number of fused-ring (bicyclic) bond motifs is 1. The molecule has 3 heterocycles. The van der Waals surface area contributed by atoms with Gasteiger partial charge in [0, 0.05) is 31.5 Å². The van der Waals surface area contributed by atoms with Crippen LogP contribution in [-0.2, 0) is 4.74 Å². The molecule has 0 aromatic carbocycles. The molecule has 2 aromatic heterocycles. The molecule has 6 nitrogen and oxygen atoms in total. The molecule has 1 atom stereocenters. The van der Waals surface area contributed by atoms with E-state index in [-0.39, 0.29) is 17.0 Å². The number of nitrogens with zero attached hydrogens (tertiary/aromatic N) is 2. The standard InChI is InChI=1S/C14H15N3O3/c18-13(16-7-10-4-6-20-9-10)11-8-15-12-3-1-2-5-17(12)14(11)19/h1-3,5,8,10H,4,6-7,9H2,(H,16,18)/t10-/m0/s1. The Bertz CT molecular complexity index is 689. The van der Waals surface area contributed by atoms with Crippen LogP contribution < -0.4 is 10.9 Å². The first kappa shape index (κ1) is 12.8. The zero-order chi connectivity index (χ0) is 13.9. The molecule has 0 bridgehead atoms. The lowest BCUT2D eigenvalue weighted by Gasteiger charge is -2.09. The number of carbonyl (C=O) groups excluding carboxylic acids is 1. The lowest BCUT2D eigenvalue weighted by Crippen LogP contribution is -2.34. The quantitative estimate of drug-likeness (QED) is 0.882. The van der Waals surface area contributed by atoms with Crippen molar-refractivity contribution in [3.05, 3.63) is 46.5 Å². The summed E-state index contributed by atoms with van der Waals surface area (Å²) in [6, 6.07) is 5.24. The van der Waals surface area contributed by atoms with Crippen molar-refractivity contribution in [2.45, 2.75) is 6.42 Å². The third-order valence-corrected chi connectivity index (χ3v) is 3.43. The van der Waals surface area contributed by atoms with Crippen molar-refractivity contribution >= 4 is 11.6 Å². The Balaban J connectivity index is 1.80. The zero-order valence-corrected chi connectivity index (χ0v) is 10.9. The molecule has 104 valence electrons.